The van der Waals surface area contributed by atoms with Crippen molar-refractivity contribution in [1.29, 1.82) is 0 Å². The number of aliphatic hydroxyl groups is 1. The minimum absolute atomic E-state index is 0.00798. The van der Waals surface area contributed by atoms with Crippen LogP contribution in [0.25, 0.3) is 0 Å². The largest absolute Gasteiger partial charge is 0.511 e. The molecule has 0 bridgehead atoms. The van der Waals surface area contributed by atoms with Crippen LogP contribution in [0.1, 0.15) is 80.1 Å². The molecular formula is C31H42O4. The second-order valence-corrected chi connectivity index (χ2v) is 13.4. The van der Waals surface area contributed by atoms with Gasteiger partial charge in [-0.1, -0.05) is 59.8 Å². The summed E-state index contributed by atoms with van der Waals surface area (Å²) >= 11 is 0. The summed E-state index contributed by atoms with van der Waals surface area (Å²) in [4.78, 5) is 38.8. The van der Waals surface area contributed by atoms with Gasteiger partial charge in [0.25, 0.3) is 0 Å². The van der Waals surface area contributed by atoms with Crippen molar-refractivity contribution in [3.05, 3.63) is 47.3 Å². The highest BCUT2D eigenvalue weighted by Crippen LogP contribution is 2.50. The first-order valence-electron chi connectivity index (χ1n) is 13.4. The Kier molecular flexibility index (Phi) is 6.89. The van der Waals surface area contributed by atoms with Crippen LogP contribution in [0, 0.1) is 46.3 Å². The highest BCUT2D eigenvalue weighted by molar-refractivity contribution is 6.27. The number of hydrogen-bond donors (Lipinski definition) is 1. The zero-order valence-corrected chi connectivity index (χ0v) is 22.3. The van der Waals surface area contributed by atoms with Crippen molar-refractivity contribution < 1.29 is 19.5 Å². The zero-order chi connectivity index (χ0) is 25.7. The number of carbonyl (C=O) groups excluding carboxylic acids is 3. The normalized spacial score (nSPS) is 35.6. The van der Waals surface area contributed by atoms with Crippen LogP contribution in [0.15, 0.2) is 47.3 Å². The van der Waals surface area contributed by atoms with Gasteiger partial charge in [-0.3, -0.25) is 14.4 Å². The van der Waals surface area contributed by atoms with E-state index in [-0.39, 0.29) is 57.6 Å². The van der Waals surface area contributed by atoms with Gasteiger partial charge in [-0.2, -0.15) is 0 Å². The predicted octanol–water partition coefficient (Wildman–Crippen LogP) is 6.73. The molecule has 3 fully saturated rings. The number of Topliss-reactive ketones (excluding diaryl/α,β-unsaturated/α-hetero) is 3. The molecule has 0 aromatic heterocycles. The number of ketones is 3. The van der Waals surface area contributed by atoms with E-state index in [0.29, 0.717) is 23.0 Å². The predicted molar refractivity (Wildman–Crippen MR) is 139 cm³/mol. The van der Waals surface area contributed by atoms with Crippen molar-refractivity contribution in [2.45, 2.75) is 80.1 Å². The Balaban J connectivity index is 1.43. The average Bonchev–Trinajstić information content (AvgIpc) is 3.17. The summed E-state index contributed by atoms with van der Waals surface area (Å²) in [5.74, 6) is 0.716. The summed E-state index contributed by atoms with van der Waals surface area (Å²) in [6, 6.07) is 0. The molecular weight excluding hydrogens is 436 g/mol. The van der Waals surface area contributed by atoms with Crippen LogP contribution in [0.5, 0.6) is 0 Å². The summed E-state index contributed by atoms with van der Waals surface area (Å²) in [7, 11) is 0. The van der Waals surface area contributed by atoms with Gasteiger partial charge in [-0.15, -0.1) is 0 Å². The third-order valence-corrected chi connectivity index (χ3v) is 9.33. The summed E-state index contributed by atoms with van der Waals surface area (Å²) in [6.45, 7) is 13.3. The lowest BCUT2D eigenvalue weighted by atomic mass is 9.66. The number of aliphatic hydroxyl groups excluding tert-OH is 1. The van der Waals surface area contributed by atoms with Crippen molar-refractivity contribution in [3.63, 3.8) is 0 Å². The topological polar surface area (TPSA) is 71.4 Å². The van der Waals surface area contributed by atoms with E-state index in [9.17, 15) is 19.5 Å². The van der Waals surface area contributed by atoms with E-state index >= 15 is 0 Å². The van der Waals surface area contributed by atoms with E-state index in [4.69, 9.17) is 0 Å². The molecule has 0 aromatic rings. The first kappa shape index (κ1) is 25.9. The van der Waals surface area contributed by atoms with Crippen LogP contribution in [0.2, 0.25) is 0 Å². The second-order valence-electron chi connectivity index (χ2n) is 13.4. The quantitative estimate of drug-likeness (QED) is 0.277. The number of allylic oxidation sites excluding steroid dienone is 8. The van der Waals surface area contributed by atoms with E-state index in [2.05, 4.69) is 41.5 Å². The minimum atomic E-state index is -0.172. The monoisotopic (exact) mass is 478 g/mol. The highest BCUT2D eigenvalue weighted by Gasteiger charge is 2.49. The number of rotatable bonds is 3. The van der Waals surface area contributed by atoms with Crippen molar-refractivity contribution in [2.24, 2.45) is 46.3 Å². The van der Waals surface area contributed by atoms with Crippen LogP contribution < -0.4 is 0 Å². The van der Waals surface area contributed by atoms with Crippen LogP contribution in [0.4, 0.5) is 0 Å². The first-order valence-corrected chi connectivity index (χ1v) is 13.4. The fraction of sp³-hybridized carbons (Fsp3) is 0.645. The van der Waals surface area contributed by atoms with E-state index < -0.39 is 0 Å². The molecule has 0 heterocycles. The molecule has 0 saturated heterocycles. The third kappa shape index (κ3) is 4.90. The summed E-state index contributed by atoms with van der Waals surface area (Å²) in [6.07, 6.45) is 13.8. The van der Waals surface area contributed by atoms with Gasteiger partial charge in [-0.25, -0.2) is 0 Å². The van der Waals surface area contributed by atoms with Crippen molar-refractivity contribution >= 4 is 17.3 Å². The van der Waals surface area contributed by atoms with Gasteiger partial charge in [0.2, 0.25) is 0 Å². The molecule has 190 valence electrons. The van der Waals surface area contributed by atoms with Gasteiger partial charge >= 0.3 is 0 Å². The fourth-order valence-electron chi connectivity index (χ4n) is 6.88. The van der Waals surface area contributed by atoms with Gasteiger partial charge in [0.05, 0.1) is 11.1 Å². The molecule has 0 radical (unpaired) electrons. The Hall–Kier alpha value is -2.23. The maximum atomic E-state index is 13.0. The molecule has 35 heavy (non-hydrogen) atoms. The Morgan fingerprint density at radius 2 is 1.17 bits per heavy atom. The van der Waals surface area contributed by atoms with E-state index in [1.165, 1.54) is 0 Å². The zero-order valence-electron chi connectivity index (χ0n) is 22.3. The number of hydrogen-bond acceptors (Lipinski definition) is 4. The van der Waals surface area contributed by atoms with Gasteiger partial charge in [0, 0.05) is 23.7 Å². The third-order valence-electron chi connectivity index (χ3n) is 9.33. The molecule has 0 spiro atoms. The van der Waals surface area contributed by atoms with Crippen LogP contribution in [-0.4, -0.2) is 22.5 Å². The van der Waals surface area contributed by atoms with E-state index in [1.54, 1.807) is 30.4 Å². The van der Waals surface area contributed by atoms with Crippen LogP contribution in [-0.2, 0) is 14.4 Å². The Bertz CT molecular complexity index is 1020. The lowest BCUT2D eigenvalue weighted by Gasteiger charge is -2.38. The lowest BCUT2D eigenvalue weighted by molar-refractivity contribution is -0.122. The van der Waals surface area contributed by atoms with Gasteiger partial charge in [0.15, 0.2) is 17.3 Å². The van der Waals surface area contributed by atoms with Gasteiger partial charge < -0.3 is 5.11 Å². The number of carbonyl (C=O) groups is 3. The fourth-order valence-corrected chi connectivity index (χ4v) is 6.88. The molecule has 4 aliphatic carbocycles. The maximum Gasteiger partial charge on any atom is 0.170 e. The molecule has 1 N–H and O–H groups in total. The summed E-state index contributed by atoms with van der Waals surface area (Å²) in [5, 5.41) is 10.8. The molecule has 6 unspecified atom stereocenters. The Morgan fingerprint density at radius 3 is 1.74 bits per heavy atom. The standard InChI is InChI=1S/C31H42O4/c1-30(2,3)18-12-14-20-24(16-18)28(34)22(26(20)32)10-8-7-9-11-23-27(33)21-15-13-19(31(4,5)6)17-25(21)29(23)35/h7-11,18-21,24-25,34H,12-17H2,1-6H3/b9-7+,10-8+,23-11+. The molecule has 6 atom stereocenters. The molecule has 4 nitrogen and oxygen atoms in total. The molecule has 4 heteroatoms. The van der Waals surface area contributed by atoms with Gasteiger partial charge in [0.1, 0.15) is 5.76 Å². The SMILES string of the molecule is CC(C)(C)C1CCC2C(=O)\C(=C/C=C/C=C/C3=C(O)C4CC(C(C)(C)C)CCC4C3=O)C(=O)C2C1. The molecule has 3 saturated carbocycles. The minimum Gasteiger partial charge on any atom is -0.511 e. The van der Waals surface area contributed by atoms with Crippen LogP contribution >= 0.6 is 0 Å². The Morgan fingerprint density at radius 1 is 0.657 bits per heavy atom. The molecule has 0 aromatic carbocycles. The summed E-state index contributed by atoms with van der Waals surface area (Å²) < 4.78 is 0. The summed E-state index contributed by atoms with van der Waals surface area (Å²) in [5.41, 5.74) is 1.05. The molecule has 0 amide bonds. The van der Waals surface area contributed by atoms with E-state index in [0.717, 1.165) is 38.5 Å². The smallest absolute Gasteiger partial charge is 0.170 e. The maximum absolute atomic E-state index is 13.0. The van der Waals surface area contributed by atoms with Crippen molar-refractivity contribution in [3.8, 4) is 0 Å². The van der Waals surface area contributed by atoms with Crippen molar-refractivity contribution in [2.75, 3.05) is 0 Å². The highest BCUT2D eigenvalue weighted by atomic mass is 16.3. The second kappa shape index (κ2) is 9.33. The van der Waals surface area contributed by atoms with E-state index in [1.807, 2.05) is 0 Å². The Labute approximate surface area is 210 Å². The molecule has 4 aliphatic rings. The van der Waals surface area contributed by atoms with Crippen LogP contribution in [0.3, 0.4) is 0 Å². The molecule has 4 rings (SSSR count). The number of fused-ring (bicyclic) bond motifs is 2. The van der Waals surface area contributed by atoms with Crippen molar-refractivity contribution in [1.82, 2.24) is 0 Å². The average molecular weight is 479 g/mol. The van der Waals surface area contributed by atoms with Gasteiger partial charge in [-0.05, 0) is 73.3 Å². The first-order chi connectivity index (χ1) is 16.3. The molecule has 0 aliphatic heterocycles. The lowest BCUT2D eigenvalue weighted by Crippen LogP contribution is -2.33.